The molecule has 1 amide bonds. The molecular formula is C23H28N8OS. The Hall–Kier alpha value is -3.29. The summed E-state index contributed by atoms with van der Waals surface area (Å²) < 4.78 is 2.03. The molecule has 4 heterocycles. The third kappa shape index (κ3) is 6.60. The molecule has 172 valence electrons. The van der Waals surface area contributed by atoms with Gasteiger partial charge in [0.1, 0.15) is 11.5 Å². The van der Waals surface area contributed by atoms with E-state index in [-0.39, 0.29) is 5.91 Å². The van der Waals surface area contributed by atoms with E-state index >= 15 is 0 Å². The second kappa shape index (κ2) is 11.5. The van der Waals surface area contributed by atoms with Gasteiger partial charge in [0.15, 0.2) is 5.13 Å². The van der Waals surface area contributed by atoms with E-state index in [2.05, 4.69) is 31.6 Å². The fourth-order valence-corrected chi connectivity index (χ4v) is 4.66. The molecule has 0 bridgehead atoms. The fourth-order valence-electron chi connectivity index (χ4n) is 3.96. The lowest BCUT2D eigenvalue weighted by molar-refractivity contribution is 0.0948. The molecule has 1 atom stereocenters. The van der Waals surface area contributed by atoms with Gasteiger partial charge in [0.25, 0.3) is 5.91 Å². The molecule has 0 aromatic carbocycles. The summed E-state index contributed by atoms with van der Waals surface area (Å²) in [5, 5.41) is 17.5. The number of pyridine rings is 1. The highest BCUT2D eigenvalue weighted by Crippen LogP contribution is 2.27. The molecule has 10 heteroatoms. The molecule has 9 nitrogen and oxygen atoms in total. The van der Waals surface area contributed by atoms with Gasteiger partial charge in [0.2, 0.25) is 0 Å². The third-order valence-corrected chi connectivity index (χ3v) is 6.41. The second-order valence-electron chi connectivity index (χ2n) is 8.11. The highest BCUT2D eigenvalue weighted by molar-refractivity contribution is 7.14. The number of aryl methyl sites for hydroxylation is 1. The molecule has 2 N–H and O–H groups in total. The van der Waals surface area contributed by atoms with Crippen LogP contribution in [-0.4, -0.2) is 56.5 Å². The number of nitrogens with one attached hydrogen (secondary N) is 2. The van der Waals surface area contributed by atoms with Gasteiger partial charge in [-0.3, -0.25) is 9.69 Å². The van der Waals surface area contributed by atoms with Crippen molar-refractivity contribution in [3.63, 3.8) is 0 Å². The number of likely N-dealkylation sites (tertiary alicyclic amines) is 1. The lowest BCUT2D eigenvalue weighted by Gasteiger charge is -2.30. The average Bonchev–Trinajstić information content (AvgIpc) is 3.52. The number of anilines is 2. The molecule has 4 rings (SSSR count). The minimum atomic E-state index is -0.163. The molecule has 0 spiro atoms. The number of carbonyl (C=O) groups is 1. The number of piperidine rings is 1. The highest BCUT2D eigenvalue weighted by Gasteiger charge is 2.22. The maximum Gasteiger partial charge on any atom is 0.270 e. The number of aromatic nitrogens is 4. The predicted molar refractivity (Wildman–Crippen MR) is 127 cm³/mol. The molecule has 0 radical (unpaired) electrons. The Morgan fingerprint density at radius 1 is 1.30 bits per heavy atom. The first-order valence-electron chi connectivity index (χ1n) is 11.2. The predicted octanol–water partition coefficient (Wildman–Crippen LogP) is 3.39. The Balaban J connectivity index is 1.26. The number of rotatable bonds is 10. The first-order chi connectivity index (χ1) is 16.2. The summed E-state index contributed by atoms with van der Waals surface area (Å²) in [7, 11) is 0. The lowest BCUT2D eigenvalue weighted by Crippen LogP contribution is -2.34. The van der Waals surface area contributed by atoms with E-state index in [0.29, 0.717) is 35.7 Å². The van der Waals surface area contributed by atoms with Crippen molar-refractivity contribution in [2.24, 2.45) is 0 Å². The Morgan fingerprint density at radius 3 is 3.09 bits per heavy atom. The number of amides is 1. The van der Waals surface area contributed by atoms with E-state index in [9.17, 15) is 4.79 Å². The summed E-state index contributed by atoms with van der Waals surface area (Å²) in [5.74, 6) is 0.870. The lowest BCUT2D eigenvalue weighted by atomic mass is 9.94. The van der Waals surface area contributed by atoms with Crippen LogP contribution < -0.4 is 10.6 Å². The third-order valence-electron chi connectivity index (χ3n) is 5.65. The molecule has 3 aromatic heterocycles. The minimum Gasteiger partial charge on any atom is -0.351 e. The standard InChI is InChI=1S/C23H28N8OS/c24-8-13-30-12-4-5-18(15-30)19-6-3-7-21(27-19)29-23-28-20(16-33-23)22(32)26-9-1-2-11-31-14-10-25-17-31/h3,6-7,10,14,16-18H,1-2,4-5,9,11-13,15H2,(H,26,32)(H,27,28,29). The van der Waals surface area contributed by atoms with Crippen LogP contribution in [0.4, 0.5) is 10.9 Å². The highest BCUT2D eigenvalue weighted by atomic mass is 32.1. The zero-order valence-electron chi connectivity index (χ0n) is 18.5. The van der Waals surface area contributed by atoms with E-state index in [1.807, 2.05) is 29.0 Å². The maximum atomic E-state index is 12.4. The quantitative estimate of drug-likeness (QED) is 0.349. The molecule has 1 aliphatic heterocycles. The van der Waals surface area contributed by atoms with E-state index < -0.39 is 0 Å². The molecule has 0 saturated carbocycles. The zero-order chi connectivity index (χ0) is 22.9. The summed E-state index contributed by atoms with van der Waals surface area (Å²) in [4.78, 5) is 27.8. The molecule has 0 aliphatic carbocycles. The van der Waals surface area contributed by atoms with Crippen LogP contribution in [0.5, 0.6) is 0 Å². The number of unbranched alkanes of at least 4 members (excludes halogenated alkanes) is 1. The van der Waals surface area contributed by atoms with Gasteiger partial charge in [-0.05, 0) is 44.4 Å². The molecule has 1 unspecified atom stereocenters. The van der Waals surface area contributed by atoms with Gasteiger partial charge in [0, 0.05) is 49.0 Å². The largest absolute Gasteiger partial charge is 0.351 e. The molecular weight excluding hydrogens is 436 g/mol. The van der Waals surface area contributed by atoms with Crippen LogP contribution >= 0.6 is 11.3 Å². The van der Waals surface area contributed by atoms with Crippen molar-refractivity contribution in [3.8, 4) is 6.07 Å². The van der Waals surface area contributed by atoms with Crippen LogP contribution in [0, 0.1) is 11.3 Å². The van der Waals surface area contributed by atoms with E-state index in [4.69, 9.17) is 10.2 Å². The molecule has 3 aromatic rings. The van der Waals surface area contributed by atoms with Gasteiger partial charge in [-0.2, -0.15) is 5.26 Å². The van der Waals surface area contributed by atoms with Crippen LogP contribution in [0.15, 0.2) is 42.3 Å². The first kappa shape index (κ1) is 22.9. The molecule has 1 aliphatic rings. The van der Waals surface area contributed by atoms with Crippen molar-refractivity contribution in [1.82, 2.24) is 29.7 Å². The number of carbonyl (C=O) groups excluding carboxylic acids is 1. The second-order valence-corrected chi connectivity index (χ2v) is 8.96. The summed E-state index contributed by atoms with van der Waals surface area (Å²) in [6, 6.07) is 8.17. The summed E-state index contributed by atoms with van der Waals surface area (Å²) in [6.45, 7) is 3.79. The molecule has 33 heavy (non-hydrogen) atoms. The van der Waals surface area contributed by atoms with Gasteiger partial charge < -0.3 is 15.2 Å². The van der Waals surface area contributed by atoms with Crippen LogP contribution in [0.25, 0.3) is 0 Å². The minimum absolute atomic E-state index is 0.163. The Morgan fingerprint density at radius 2 is 2.24 bits per heavy atom. The van der Waals surface area contributed by atoms with Crippen LogP contribution in [-0.2, 0) is 6.54 Å². The fraction of sp³-hybridized carbons (Fsp3) is 0.435. The number of hydrogen-bond donors (Lipinski definition) is 2. The molecule has 1 fully saturated rings. The Kier molecular flexibility index (Phi) is 8.00. The van der Waals surface area contributed by atoms with Crippen molar-refractivity contribution in [3.05, 3.63) is 53.7 Å². The monoisotopic (exact) mass is 464 g/mol. The van der Waals surface area contributed by atoms with E-state index in [1.165, 1.54) is 11.3 Å². The number of nitrogens with zero attached hydrogens (tertiary/aromatic N) is 6. The number of imidazole rings is 1. The first-order valence-corrected chi connectivity index (χ1v) is 12.1. The Labute approximate surface area is 197 Å². The van der Waals surface area contributed by atoms with Gasteiger partial charge in [-0.25, -0.2) is 15.0 Å². The van der Waals surface area contributed by atoms with Gasteiger partial charge in [-0.1, -0.05) is 6.07 Å². The van der Waals surface area contributed by atoms with Crippen molar-refractivity contribution in [2.75, 3.05) is 31.5 Å². The van der Waals surface area contributed by atoms with Crippen molar-refractivity contribution in [1.29, 1.82) is 5.26 Å². The summed E-state index contributed by atoms with van der Waals surface area (Å²) >= 11 is 1.39. The summed E-state index contributed by atoms with van der Waals surface area (Å²) in [5.41, 5.74) is 1.43. The van der Waals surface area contributed by atoms with Crippen molar-refractivity contribution >= 4 is 28.2 Å². The van der Waals surface area contributed by atoms with Crippen LogP contribution in [0.2, 0.25) is 0 Å². The zero-order valence-corrected chi connectivity index (χ0v) is 19.3. The van der Waals surface area contributed by atoms with Gasteiger partial charge >= 0.3 is 0 Å². The van der Waals surface area contributed by atoms with Crippen molar-refractivity contribution < 1.29 is 4.79 Å². The smallest absolute Gasteiger partial charge is 0.270 e. The van der Waals surface area contributed by atoms with Gasteiger partial charge in [0.05, 0.1) is 18.9 Å². The van der Waals surface area contributed by atoms with Gasteiger partial charge in [-0.15, -0.1) is 11.3 Å². The normalized spacial score (nSPS) is 16.3. The maximum absolute atomic E-state index is 12.4. The topological polar surface area (TPSA) is 112 Å². The van der Waals surface area contributed by atoms with Crippen LogP contribution in [0.1, 0.15) is 47.8 Å². The average molecular weight is 465 g/mol. The van der Waals surface area contributed by atoms with Crippen molar-refractivity contribution in [2.45, 2.75) is 38.1 Å². The molecule has 1 saturated heterocycles. The van der Waals surface area contributed by atoms with Crippen LogP contribution in [0.3, 0.4) is 0 Å². The van der Waals surface area contributed by atoms with E-state index in [1.54, 1.807) is 17.9 Å². The number of nitriles is 1. The summed E-state index contributed by atoms with van der Waals surface area (Å²) in [6.07, 6.45) is 9.50. The van der Waals surface area contributed by atoms with E-state index in [0.717, 1.165) is 51.0 Å². The number of hydrogen-bond acceptors (Lipinski definition) is 8. The Bertz CT molecular complexity index is 1070. The SMILES string of the molecule is N#CCN1CCCC(c2cccc(Nc3nc(C(=O)NCCCCn4ccnc4)cs3)n2)C1. The number of thiazole rings is 1.